The molecule has 2 aromatic rings. The number of hydrogen-bond donors (Lipinski definition) is 3. The van der Waals surface area contributed by atoms with Gasteiger partial charge in [0.05, 0.1) is 30.6 Å². The molecule has 10 heteroatoms. The van der Waals surface area contributed by atoms with Gasteiger partial charge in [0.15, 0.2) is 0 Å². The van der Waals surface area contributed by atoms with Crippen LogP contribution in [0.5, 0.6) is 0 Å². The zero-order valence-electron chi connectivity index (χ0n) is 15.6. The second-order valence-electron chi connectivity index (χ2n) is 6.60. The van der Waals surface area contributed by atoms with Gasteiger partial charge in [-0.3, -0.25) is 14.3 Å². The van der Waals surface area contributed by atoms with Gasteiger partial charge in [-0.2, -0.15) is 0 Å². The van der Waals surface area contributed by atoms with E-state index in [0.717, 1.165) is 5.69 Å². The number of H-pyrrole nitrogens is 1. The van der Waals surface area contributed by atoms with Crippen LogP contribution in [0.2, 0.25) is 0 Å². The molecule has 1 saturated heterocycles. The van der Waals surface area contributed by atoms with Crippen molar-refractivity contribution >= 4 is 11.8 Å². The monoisotopic (exact) mass is 375 g/mol. The van der Waals surface area contributed by atoms with Crippen molar-refractivity contribution < 1.29 is 14.7 Å². The minimum atomic E-state index is -0.831. The Bertz CT molecular complexity index is 800. The summed E-state index contributed by atoms with van der Waals surface area (Å²) in [5.74, 6) is -0.421. The third-order valence-corrected chi connectivity index (χ3v) is 4.78. The van der Waals surface area contributed by atoms with Gasteiger partial charge in [0.2, 0.25) is 5.91 Å². The standard InChI is InChI=1S/C17H25N7O3/c1-3-12-16(19-10-18-12)17(27)20-13-5-6-23(9-14(13)25)15(26)7-11-8-24(4-2)22-21-11/h8,10,13-14,25H,3-7,9H2,1-2H3,(H,18,19)(H,20,27). The van der Waals surface area contributed by atoms with Crippen LogP contribution < -0.4 is 5.32 Å². The predicted molar refractivity (Wildman–Crippen MR) is 95.8 cm³/mol. The Balaban J connectivity index is 1.54. The molecule has 27 heavy (non-hydrogen) atoms. The maximum absolute atomic E-state index is 12.4. The Morgan fingerprint density at radius 2 is 2.22 bits per heavy atom. The number of piperidine rings is 1. The van der Waals surface area contributed by atoms with Gasteiger partial charge < -0.3 is 20.3 Å². The fourth-order valence-electron chi connectivity index (χ4n) is 3.19. The number of imidazole rings is 1. The van der Waals surface area contributed by atoms with Crippen LogP contribution in [0.25, 0.3) is 0 Å². The molecule has 1 fully saturated rings. The van der Waals surface area contributed by atoms with E-state index in [0.29, 0.717) is 37.3 Å². The number of aliphatic hydroxyl groups is 1. The van der Waals surface area contributed by atoms with E-state index >= 15 is 0 Å². The third-order valence-electron chi connectivity index (χ3n) is 4.78. The van der Waals surface area contributed by atoms with Gasteiger partial charge in [0, 0.05) is 31.5 Å². The van der Waals surface area contributed by atoms with Gasteiger partial charge in [0.25, 0.3) is 5.91 Å². The Hall–Kier alpha value is -2.75. The van der Waals surface area contributed by atoms with Crippen molar-refractivity contribution in [3.05, 3.63) is 29.6 Å². The number of hydrogen-bond acceptors (Lipinski definition) is 6. The Kier molecular flexibility index (Phi) is 5.84. The first kappa shape index (κ1) is 19.0. The normalized spacial score (nSPS) is 19.9. The van der Waals surface area contributed by atoms with Crippen LogP contribution in [-0.2, 0) is 24.2 Å². The number of carbonyl (C=O) groups is 2. The molecular weight excluding hydrogens is 350 g/mol. The molecular formula is C17H25N7O3. The van der Waals surface area contributed by atoms with Crippen LogP contribution in [-0.4, -0.2) is 72.0 Å². The lowest BCUT2D eigenvalue weighted by Gasteiger charge is -2.36. The van der Waals surface area contributed by atoms with E-state index in [2.05, 4.69) is 25.6 Å². The van der Waals surface area contributed by atoms with E-state index in [9.17, 15) is 14.7 Å². The van der Waals surface area contributed by atoms with Crippen LogP contribution in [0, 0.1) is 0 Å². The van der Waals surface area contributed by atoms with E-state index in [-0.39, 0.29) is 24.8 Å². The zero-order chi connectivity index (χ0) is 19.4. The highest BCUT2D eigenvalue weighted by Gasteiger charge is 2.32. The average molecular weight is 375 g/mol. The number of nitrogens with one attached hydrogen (secondary N) is 2. The SMILES string of the molecule is CCc1[nH]cnc1C(=O)NC1CCN(C(=O)Cc2cn(CC)nn2)CC1O. The Morgan fingerprint density at radius 3 is 2.89 bits per heavy atom. The number of aliphatic hydroxyl groups excluding tert-OH is 1. The lowest BCUT2D eigenvalue weighted by atomic mass is 10.0. The van der Waals surface area contributed by atoms with E-state index in [1.165, 1.54) is 6.33 Å². The molecule has 2 amide bonds. The summed E-state index contributed by atoms with van der Waals surface area (Å²) < 4.78 is 1.67. The maximum atomic E-state index is 12.4. The fourth-order valence-corrected chi connectivity index (χ4v) is 3.19. The smallest absolute Gasteiger partial charge is 0.272 e. The molecule has 146 valence electrons. The summed E-state index contributed by atoms with van der Waals surface area (Å²) in [5, 5.41) is 21.1. The van der Waals surface area contributed by atoms with E-state index in [1.54, 1.807) is 15.8 Å². The van der Waals surface area contributed by atoms with Gasteiger partial charge in [-0.05, 0) is 19.8 Å². The predicted octanol–water partition coefficient (Wildman–Crippen LogP) is -0.482. The molecule has 0 bridgehead atoms. The van der Waals surface area contributed by atoms with Gasteiger partial charge >= 0.3 is 0 Å². The van der Waals surface area contributed by atoms with Crippen molar-refractivity contribution in [3.8, 4) is 0 Å². The number of likely N-dealkylation sites (tertiary alicyclic amines) is 1. The lowest BCUT2D eigenvalue weighted by molar-refractivity contribution is -0.134. The summed E-state index contributed by atoms with van der Waals surface area (Å²) in [6.07, 6.45) is 3.70. The lowest BCUT2D eigenvalue weighted by Crippen LogP contribution is -2.55. The molecule has 2 unspecified atom stereocenters. The molecule has 1 aliphatic heterocycles. The highest BCUT2D eigenvalue weighted by molar-refractivity contribution is 5.93. The Labute approximate surface area is 157 Å². The number of aromatic nitrogens is 5. The summed E-state index contributed by atoms with van der Waals surface area (Å²) in [6.45, 7) is 5.21. The first-order valence-electron chi connectivity index (χ1n) is 9.19. The number of carbonyl (C=O) groups excluding carboxylic acids is 2. The fraction of sp³-hybridized carbons (Fsp3) is 0.588. The van der Waals surface area contributed by atoms with E-state index in [1.807, 2.05) is 13.8 Å². The summed E-state index contributed by atoms with van der Waals surface area (Å²) in [6, 6.07) is -0.413. The molecule has 3 heterocycles. The van der Waals surface area contributed by atoms with Crippen molar-refractivity contribution in [3.63, 3.8) is 0 Å². The van der Waals surface area contributed by atoms with Crippen molar-refractivity contribution in [1.29, 1.82) is 0 Å². The molecule has 1 aliphatic rings. The molecule has 0 aliphatic carbocycles. The summed E-state index contributed by atoms with van der Waals surface area (Å²) in [5.41, 5.74) is 1.72. The van der Waals surface area contributed by atoms with Crippen molar-refractivity contribution in [2.45, 2.75) is 51.8 Å². The molecule has 3 N–H and O–H groups in total. The maximum Gasteiger partial charge on any atom is 0.272 e. The van der Waals surface area contributed by atoms with Crippen LogP contribution in [0.15, 0.2) is 12.5 Å². The first-order valence-corrected chi connectivity index (χ1v) is 9.19. The first-order chi connectivity index (χ1) is 13.0. The highest BCUT2D eigenvalue weighted by atomic mass is 16.3. The van der Waals surface area contributed by atoms with Crippen molar-refractivity contribution in [2.24, 2.45) is 0 Å². The number of amides is 2. The van der Waals surface area contributed by atoms with Gasteiger partial charge in [0.1, 0.15) is 5.69 Å². The largest absolute Gasteiger partial charge is 0.389 e. The van der Waals surface area contributed by atoms with Crippen molar-refractivity contribution in [2.75, 3.05) is 13.1 Å². The van der Waals surface area contributed by atoms with E-state index in [4.69, 9.17) is 0 Å². The minimum Gasteiger partial charge on any atom is -0.389 e. The number of nitrogens with zero attached hydrogens (tertiary/aromatic N) is 5. The number of β-amino-alcohol motifs (C(OH)–C–C–N with tert-alkyl or cyclic N) is 1. The second kappa shape index (κ2) is 8.30. The quantitative estimate of drug-likeness (QED) is 0.625. The average Bonchev–Trinajstić information content (AvgIpc) is 3.32. The summed E-state index contributed by atoms with van der Waals surface area (Å²) in [4.78, 5) is 33.4. The van der Waals surface area contributed by atoms with Gasteiger partial charge in [-0.25, -0.2) is 4.98 Å². The summed E-state index contributed by atoms with van der Waals surface area (Å²) >= 11 is 0. The Morgan fingerprint density at radius 1 is 1.41 bits per heavy atom. The van der Waals surface area contributed by atoms with Crippen LogP contribution >= 0.6 is 0 Å². The van der Waals surface area contributed by atoms with Gasteiger partial charge in [-0.1, -0.05) is 12.1 Å². The summed E-state index contributed by atoms with van der Waals surface area (Å²) in [7, 11) is 0. The zero-order valence-corrected chi connectivity index (χ0v) is 15.6. The number of rotatable bonds is 6. The minimum absolute atomic E-state index is 0.109. The van der Waals surface area contributed by atoms with Crippen LogP contribution in [0.1, 0.15) is 42.1 Å². The van der Waals surface area contributed by atoms with E-state index < -0.39 is 12.1 Å². The molecule has 2 aromatic heterocycles. The third kappa shape index (κ3) is 4.33. The topological polar surface area (TPSA) is 129 Å². The number of aryl methyl sites for hydroxylation is 2. The van der Waals surface area contributed by atoms with Crippen LogP contribution in [0.4, 0.5) is 0 Å². The molecule has 0 spiro atoms. The van der Waals surface area contributed by atoms with Crippen molar-refractivity contribution in [1.82, 2.24) is 35.2 Å². The molecule has 2 atom stereocenters. The van der Waals surface area contributed by atoms with Gasteiger partial charge in [-0.15, -0.1) is 5.10 Å². The van der Waals surface area contributed by atoms with Crippen LogP contribution in [0.3, 0.4) is 0 Å². The molecule has 3 rings (SSSR count). The highest BCUT2D eigenvalue weighted by Crippen LogP contribution is 2.14. The second-order valence-corrected chi connectivity index (χ2v) is 6.60. The molecule has 0 radical (unpaired) electrons. The number of aromatic amines is 1. The molecule has 0 aromatic carbocycles. The molecule has 0 saturated carbocycles. The molecule has 10 nitrogen and oxygen atoms in total.